The van der Waals surface area contributed by atoms with E-state index in [0.717, 1.165) is 6.32 Å². The van der Waals surface area contributed by atoms with Crippen molar-refractivity contribution in [1.29, 1.82) is 0 Å². The number of fused-ring (bicyclic) bond motifs is 6. The SMILES string of the molecule is Cc1cc(C)c(N2C=CN3c4c(C)cc(C)cc4C[B-](c4c(C)cc(C)cc4C)(c4c(C)cc(C)cc4C)C23)c(C)c1.Cc1cc(C)c([B-]2=Cc3cc(C)cc(C)c3N3C=CN(c4c(C)cc(C)cc4C)C23)c(C)c1. The third-order valence-electron chi connectivity index (χ3n) is 17.5. The Kier molecular flexibility index (Phi) is 13.2. The summed E-state index contributed by atoms with van der Waals surface area (Å²) in [5, 5.41) is 0. The van der Waals surface area contributed by atoms with Crippen molar-refractivity contribution in [2.24, 2.45) is 0 Å². The van der Waals surface area contributed by atoms with Crippen LogP contribution in [0.4, 0.5) is 22.7 Å². The summed E-state index contributed by atoms with van der Waals surface area (Å²) in [7, 11) is 0. The van der Waals surface area contributed by atoms with Crippen molar-refractivity contribution in [3.05, 3.63) is 227 Å². The lowest BCUT2D eigenvalue weighted by Gasteiger charge is -2.60. The molecule has 0 saturated carbocycles. The number of aryl methyl sites for hydroxylation is 19. The molecule has 75 heavy (non-hydrogen) atoms. The van der Waals surface area contributed by atoms with Crippen LogP contribution in [0.2, 0.25) is 0 Å². The maximum absolute atomic E-state index is 2.64. The van der Waals surface area contributed by atoms with Crippen LogP contribution in [-0.2, 0) is 6.32 Å². The van der Waals surface area contributed by atoms with E-state index in [2.05, 4.69) is 267 Å². The fourth-order valence-electron chi connectivity index (χ4n) is 16.2. The molecule has 0 aliphatic carbocycles. The van der Waals surface area contributed by atoms with Crippen molar-refractivity contribution in [3.8, 4) is 0 Å². The standard InChI is InChI=1S/C39H46BN2.C30H34BN2/c1-23-14-27(5)35(28(6)15-23)40(36-29(7)16-24(2)17-30(36)8)22-34-21-26(4)20-33(11)38(34)42-13-12-41(39(40)42)37-31(9)18-25(3)19-32(37)10;1-18-11-21(4)27(22(5)12-18)31-17-26-16-20(3)15-25(8)29(26)33-10-9-32(30(31)33)28-23(6)13-19(2)14-24(28)7/h12-21,39H,22H2,1-11H3;9-17,30H,1-8H3/q2*-1. The van der Waals surface area contributed by atoms with E-state index in [9.17, 15) is 0 Å². The summed E-state index contributed by atoms with van der Waals surface area (Å²) < 4.78 is 0. The van der Waals surface area contributed by atoms with Gasteiger partial charge in [0.05, 0.1) is 0 Å². The van der Waals surface area contributed by atoms with E-state index in [1.54, 1.807) is 0 Å². The molecule has 4 nitrogen and oxygen atoms in total. The molecule has 0 amide bonds. The molecule has 0 aromatic heterocycles. The Balaban J connectivity index is 0.000000176. The van der Waals surface area contributed by atoms with Crippen molar-refractivity contribution >= 4 is 57.6 Å². The van der Waals surface area contributed by atoms with Gasteiger partial charge in [-0.2, -0.15) is 10.9 Å². The Labute approximate surface area is 451 Å². The van der Waals surface area contributed by atoms with Gasteiger partial charge in [-0.25, -0.2) is 11.4 Å². The van der Waals surface area contributed by atoms with Crippen LogP contribution < -0.4 is 36.0 Å². The van der Waals surface area contributed by atoms with Gasteiger partial charge in [0.1, 0.15) is 6.15 Å². The van der Waals surface area contributed by atoms with Crippen LogP contribution in [0.15, 0.2) is 110 Å². The van der Waals surface area contributed by atoms with Crippen LogP contribution in [0.1, 0.15) is 117 Å². The molecular formula is C69H80B2N4-2. The second-order valence-corrected chi connectivity index (χ2v) is 24.1. The van der Waals surface area contributed by atoms with Crippen molar-refractivity contribution in [2.45, 2.75) is 150 Å². The van der Waals surface area contributed by atoms with Crippen LogP contribution in [0.5, 0.6) is 0 Å². The van der Waals surface area contributed by atoms with Crippen molar-refractivity contribution < 1.29 is 0 Å². The highest BCUT2D eigenvalue weighted by Gasteiger charge is 2.50. The first kappa shape index (κ1) is 51.7. The fraction of sp³-hybridized carbons (Fsp3) is 0.319. The van der Waals surface area contributed by atoms with Crippen LogP contribution >= 0.6 is 0 Å². The maximum atomic E-state index is 2.64. The molecule has 7 aromatic rings. The van der Waals surface area contributed by atoms with E-state index < -0.39 is 6.15 Å². The lowest BCUT2D eigenvalue weighted by Crippen LogP contribution is -2.78. The minimum Gasteiger partial charge on any atom is -0.361 e. The van der Waals surface area contributed by atoms with Gasteiger partial charge in [-0.1, -0.05) is 169 Å². The summed E-state index contributed by atoms with van der Waals surface area (Å²) >= 11 is 0. The number of hydrogen-bond acceptors (Lipinski definition) is 4. The molecule has 0 radical (unpaired) electrons. The van der Waals surface area contributed by atoms with E-state index in [-0.39, 0.29) is 18.5 Å². The fourth-order valence-corrected chi connectivity index (χ4v) is 16.2. The number of anilines is 4. The molecule has 7 aromatic carbocycles. The van der Waals surface area contributed by atoms with Crippen molar-refractivity contribution in [1.82, 2.24) is 0 Å². The first-order chi connectivity index (χ1) is 35.5. The van der Waals surface area contributed by atoms with Crippen molar-refractivity contribution in [2.75, 3.05) is 19.6 Å². The van der Waals surface area contributed by atoms with Crippen LogP contribution in [0, 0.1) is 132 Å². The monoisotopic (exact) mass is 987 g/mol. The molecule has 0 spiro atoms. The summed E-state index contributed by atoms with van der Waals surface area (Å²) in [6.07, 6.45) is 9.26. The van der Waals surface area contributed by atoms with Gasteiger partial charge in [0.25, 0.3) is 0 Å². The molecular weight excluding hydrogens is 906 g/mol. The molecule has 0 N–H and O–H groups in total. The molecule has 11 rings (SSSR count). The zero-order valence-electron chi connectivity index (χ0n) is 48.8. The maximum Gasteiger partial charge on any atom is 0.106 e. The van der Waals surface area contributed by atoms with Gasteiger partial charge >= 0.3 is 0 Å². The number of nitrogens with zero attached hydrogens (tertiary/aromatic N) is 4. The molecule has 384 valence electrons. The molecule has 0 saturated heterocycles. The predicted molar refractivity (Wildman–Crippen MR) is 330 cm³/mol. The Morgan fingerprint density at radius 2 is 0.640 bits per heavy atom. The van der Waals surface area contributed by atoms with E-state index in [1.165, 1.54) is 156 Å². The third-order valence-corrected chi connectivity index (χ3v) is 17.5. The van der Waals surface area contributed by atoms with Crippen LogP contribution in [0.3, 0.4) is 0 Å². The number of rotatable bonds is 5. The third kappa shape index (κ3) is 8.61. The normalized spacial score (nSPS) is 16.9. The topological polar surface area (TPSA) is 13.0 Å². The van der Waals surface area contributed by atoms with Crippen LogP contribution in [0.25, 0.3) is 0 Å². The highest BCUT2D eigenvalue weighted by atomic mass is 15.4. The Morgan fingerprint density at radius 3 is 1.08 bits per heavy atom. The second kappa shape index (κ2) is 19.1. The molecule has 4 heterocycles. The summed E-state index contributed by atoms with van der Waals surface area (Å²) in [4.78, 5) is 10.3. The minimum absolute atomic E-state index is 0.110. The Hall–Kier alpha value is -6.78. The summed E-state index contributed by atoms with van der Waals surface area (Å²) in [5.41, 5.74) is 38.5. The van der Waals surface area contributed by atoms with Gasteiger partial charge < -0.3 is 19.6 Å². The van der Waals surface area contributed by atoms with Gasteiger partial charge in [-0.05, 0) is 183 Å². The summed E-state index contributed by atoms with van der Waals surface area (Å²) in [6.45, 7) is 43.1. The lowest BCUT2D eigenvalue weighted by molar-refractivity contribution is 0.825. The number of hydrogen-bond donors (Lipinski definition) is 0. The summed E-state index contributed by atoms with van der Waals surface area (Å²) in [6, 6.07) is 33.5. The van der Waals surface area contributed by atoms with Gasteiger partial charge in [-0.3, -0.25) is 0 Å². The molecule has 6 heteroatoms. The second-order valence-electron chi connectivity index (χ2n) is 24.1. The molecule has 2 unspecified atom stereocenters. The van der Waals surface area contributed by atoms with E-state index in [4.69, 9.17) is 0 Å². The number of benzene rings is 7. The van der Waals surface area contributed by atoms with E-state index in [0.29, 0.717) is 0 Å². The average molecular weight is 987 g/mol. The zero-order chi connectivity index (χ0) is 53.8. The molecule has 0 bridgehead atoms. The first-order valence-corrected chi connectivity index (χ1v) is 27.6. The van der Waals surface area contributed by atoms with Gasteiger partial charge in [-0.15, -0.1) is 6.32 Å². The largest absolute Gasteiger partial charge is 0.361 e. The quantitative estimate of drug-likeness (QED) is 0.159. The van der Waals surface area contributed by atoms with Gasteiger partial charge in [0, 0.05) is 47.5 Å². The molecule has 4 aliphatic heterocycles. The Bertz CT molecular complexity index is 3450. The minimum atomic E-state index is -1.34. The highest BCUT2D eigenvalue weighted by molar-refractivity contribution is 7.05. The van der Waals surface area contributed by atoms with Gasteiger partial charge in [0.15, 0.2) is 0 Å². The average Bonchev–Trinajstić information content (AvgIpc) is 3.90. The predicted octanol–water partition coefficient (Wildman–Crippen LogP) is 14.1. The van der Waals surface area contributed by atoms with Crippen LogP contribution in [-0.4, -0.2) is 30.6 Å². The molecule has 2 atom stereocenters. The van der Waals surface area contributed by atoms with Gasteiger partial charge in [0.2, 0.25) is 0 Å². The lowest BCUT2D eigenvalue weighted by atomic mass is 9.12. The smallest absolute Gasteiger partial charge is 0.106 e. The molecule has 4 aliphatic rings. The van der Waals surface area contributed by atoms with Crippen molar-refractivity contribution in [3.63, 3.8) is 0 Å². The first-order valence-electron chi connectivity index (χ1n) is 27.6. The Morgan fingerprint density at radius 1 is 0.333 bits per heavy atom. The highest BCUT2D eigenvalue weighted by Crippen LogP contribution is 2.46. The summed E-state index contributed by atoms with van der Waals surface area (Å²) in [5.74, 6) is 2.53. The van der Waals surface area contributed by atoms with E-state index >= 15 is 0 Å². The van der Waals surface area contributed by atoms with E-state index in [1.807, 2.05) is 0 Å². The zero-order valence-corrected chi connectivity index (χ0v) is 48.8. The molecule has 0 fully saturated rings.